The molecule has 0 unspecified atom stereocenters. The lowest BCUT2D eigenvalue weighted by atomic mass is 10.0. The summed E-state index contributed by atoms with van der Waals surface area (Å²) in [6, 6.07) is 25.2. The topological polar surface area (TPSA) is 141 Å². The van der Waals surface area contributed by atoms with Gasteiger partial charge in [0.25, 0.3) is 5.91 Å². The summed E-state index contributed by atoms with van der Waals surface area (Å²) in [5.74, 6) is -0.0353. The first kappa shape index (κ1) is 30.0. The summed E-state index contributed by atoms with van der Waals surface area (Å²) < 4.78 is 23.1. The Labute approximate surface area is 253 Å². The number of amides is 1. The van der Waals surface area contributed by atoms with E-state index in [1.165, 1.54) is 0 Å². The molecule has 0 atom stereocenters. The second kappa shape index (κ2) is 14.1. The monoisotopic (exact) mass is 597 g/mol. The number of nitrogens with one attached hydrogen (secondary N) is 1. The van der Waals surface area contributed by atoms with Crippen molar-refractivity contribution in [3.63, 3.8) is 0 Å². The van der Waals surface area contributed by atoms with Crippen LogP contribution in [-0.2, 0) is 22.6 Å². The van der Waals surface area contributed by atoms with E-state index in [0.29, 0.717) is 51.8 Å². The second-order valence-corrected chi connectivity index (χ2v) is 10.1. The molecule has 10 nitrogen and oxygen atoms in total. The number of carbonyl (C=O) groups excluding carboxylic acids is 1. The van der Waals surface area contributed by atoms with Gasteiger partial charge >= 0.3 is 11.9 Å². The van der Waals surface area contributed by atoms with Gasteiger partial charge in [-0.3, -0.25) is 14.4 Å². The van der Waals surface area contributed by atoms with Crippen molar-refractivity contribution in [3.8, 4) is 34.1 Å². The number of para-hydroxylation sites is 1. The lowest BCUT2D eigenvalue weighted by molar-refractivity contribution is -0.138. The molecule has 4 aromatic rings. The molecule has 0 aliphatic carbocycles. The van der Waals surface area contributed by atoms with E-state index in [1.807, 2.05) is 48.5 Å². The van der Waals surface area contributed by atoms with E-state index in [1.54, 1.807) is 36.4 Å². The van der Waals surface area contributed by atoms with Crippen LogP contribution in [0.1, 0.15) is 40.7 Å². The van der Waals surface area contributed by atoms with Gasteiger partial charge in [0.15, 0.2) is 11.5 Å². The Morgan fingerprint density at radius 2 is 1.57 bits per heavy atom. The number of hydrogen-bond acceptors (Lipinski definition) is 7. The zero-order chi connectivity index (χ0) is 30.9. The van der Waals surface area contributed by atoms with Crippen LogP contribution in [-0.4, -0.2) is 41.5 Å². The number of aliphatic carboxylic acids is 2. The first-order valence-corrected chi connectivity index (χ1v) is 14.1. The third-order valence-corrected chi connectivity index (χ3v) is 6.91. The minimum atomic E-state index is -0.956. The summed E-state index contributed by atoms with van der Waals surface area (Å²) in [5.41, 5.74) is 3.93. The summed E-state index contributed by atoms with van der Waals surface area (Å²) in [4.78, 5) is 35.6. The maximum Gasteiger partial charge on any atom is 0.303 e. The molecule has 4 aromatic carbocycles. The van der Waals surface area contributed by atoms with Crippen LogP contribution in [0.4, 0.5) is 5.69 Å². The number of fused-ring (bicyclic) bond motifs is 1. The molecule has 0 bridgehead atoms. The second-order valence-electron chi connectivity index (χ2n) is 10.1. The number of benzene rings is 4. The summed E-state index contributed by atoms with van der Waals surface area (Å²) in [5, 5.41) is 21.2. The number of ether oxygens (including phenoxy) is 4. The van der Waals surface area contributed by atoms with E-state index in [0.717, 1.165) is 11.1 Å². The normalized spacial score (nSPS) is 11.5. The Bertz CT molecular complexity index is 1650. The van der Waals surface area contributed by atoms with E-state index in [9.17, 15) is 19.5 Å². The lowest BCUT2D eigenvalue weighted by Crippen LogP contribution is -2.12. The van der Waals surface area contributed by atoms with Crippen LogP contribution in [0.3, 0.4) is 0 Å². The van der Waals surface area contributed by atoms with Crippen molar-refractivity contribution < 1.29 is 43.5 Å². The van der Waals surface area contributed by atoms with Gasteiger partial charge in [0.05, 0.1) is 6.61 Å². The predicted molar refractivity (Wildman–Crippen MR) is 161 cm³/mol. The fourth-order valence-electron chi connectivity index (χ4n) is 4.74. The molecule has 1 aliphatic rings. The Morgan fingerprint density at radius 1 is 0.773 bits per heavy atom. The number of rotatable bonds is 14. The predicted octanol–water partition coefficient (Wildman–Crippen LogP) is 6.17. The fraction of sp³-hybridized carbons (Fsp3) is 0.206. The SMILES string of the molecule is O=C(O)CCCOc1cccc(COc2cc(C(=O)Nc3ccccc3)cc(-c3ccc4c(c3)OCO4)c2)c1CCC(=O)O. The molecule has 0 saturated carbocycles. The third-order valence-electron chi connectivity index (χ3n) is 6.91. The van der Waals surface area contributed by atoms with Crippen molar-refractivity contribution >= 4 is 23.5 Å². The number of hydrogen-bond donors (Lipinski definition) is 3. The number of carboxylic acids is 2. The first-order valence-electron chi connectivity index (χ1n) is 14.1. The summed E-state index contributed by atoms with van der Waals surface area (Å²) >= 11 is 0. The summed E-state index contributed by atoms with van der Waals surface area (Å²) in [7, 11) is 0. The van der Waals surface area contributed by atoms with Crippen LogP contribution < -0.4 is 24.3 Å². The Balaban J connectivity index is 1.42. The largest absolute Gasteiger partial charge is 0.493 e. The molecule has 1 amide bonds. The van der Waals surface area contributed by atoms with Crippen molar-refractivity contribution in [2.24, 2.45) is 0 Å². The zero-order valence-electron chi connectivity index (χ0n) is 23.8. The Morgan fingerprint density at radius 3 is 2.36 bits per heavy atom. The molecular weight excluding hydrogens is 566 g/mol. The molecule has 44 heavy (non-hydrogen) atoms. The number of anilines is 1. The van der Waals surface area contributed by atoms with Crippen LogP contribution in [0, 0.1) is 0 Å². The molecule has 1 heterocycles. The summed E-state index contributed by atoms with van der Waals surface area (Å²) in [6.45, 7) is 0.388. The number of carbonyl (C=O) groups is 3. The quantitative estimate of drug-likeness (QED) is 0.145. The fourth-order valence-corrected chi connectivity index (χ4v) is 4.74. The van der Waals surface area contributed by atoms with Crippen LogP contribution in [0.15, 0.2) is 84.9 Å². The average Bonchev–Trinajstić information content (AvgIpc) is 3.50. The minimum absolute atomic E-state index is 0.0346. The molecule has 0 aromatic heterocycles. The van der Waals surface area contributed by atoms with Crippen LogP contribution in [0.2, 0.25) is 0 Å². The number of carboxylic acid groups (broad SMARTS) is 2. The zero-order valence-corrected chi connectivity index (χ0v) is 23.8. The molecule has 0 saturated heterocycles. The minimum Gasteiger partial charge on any atom is -0.493 e. The summed E-state index contributed by atoms with van der Waals surface area (Å²) in [6.07, 6.45) is 0.360. The van der Waals surface area contributed by atoms with E-state index in [2.05, 4.69) is 5.32 Å². The van der Waals surface area contributed by atoms with Crippen molar-refractivity contribution in [1.29, 1.82) is 0 Å². The smallest absolute Gasteiger partial charge is 0.303 e. The lowest BCUT2D eigenvalue weighted by Gasteiger charge is -2.17. The van der Waals surface area contributed by atoms with Gasteiger partial charge in [0.1, 0.15) is 18.1 Å². The van der Waals surface area contributed by atoms with Gasteiger partial charge in [-0.1, -0.05) is 36.4 Å². The van der Waals surface area contributed by atoms with Crippen molar-refractivity contribution in [3.05, 3.63) is 102 Å². The highest BCUT2D eigenvalue weighted by atomic mass is 16.7. The van der Waals surface area contributed by atoms with E-state index in [-0.39, 0.29) is 45.2 Å². The van der Waals surface area contributed by atoms with Crippen LogP contribution in [0.5, 0.6) is 23.0 Å². The van der Waals surface area contributed by atoms with Crippen molar-refractivity contribution in [1.82, 2.24) is 0 Å². The van der Waals surface area contributed by atoms with E-state index >= 15 is 0 Å². The van der Waals surface area contributed by atoms with Crippen LogP contribution >= 0.6 is 0 Å². The molecule has 1 aliphatic heterocycles. The van der Waals surface area contributed by atoms with Crippen LogP contribution in [0.25, 0.3) is 11.1 Å². The maximum absolute atomic E-state index is 13.3. The van der Waals surface area contributed by atoms with Crippen molar-refractivity contribution in [2.45, 2.75) is 32.3 Å². The molecular formula is C34H31NO9. The molecule has 3 N–H and O–H groups in total. The third kappa shape index (κ3) is 7.86. The van der Waals surface area contributed by atoms with Gasteiger partial charge in [0, 0.05) is 29.7 Å². The van der Waals surface area contributed by atoms with Gasteiger partial charge in [0.2, 0.25) is 6.79 Å². The Hall–Kier alpha value is -5.51. The molecule has 0 fully saturated rings. The average molecular weight is 598 g/mol. The molecule has 5 rings (SSSR count). The Kier molecular flexibility index (Phi) is 9.61. The molecule has 0 radical (unpaired) electrons. The van der Waals surface area contributed by atoms with Gasteiger partial charge in [-0.2, -0.15) is 0 Å². The standard InChI is InChI=1S/C34H31NO9/c36-32(37)10-5-15-41-29-9-4-6-23(28(29)12-14-33(38)39)20-42-27-17-24(22-11-13-30-31(19-22)44-21-43-30)16-25(18-27)34(40)35-26-7-2-1-3-8-26/h1-4,6-9,11,13,16-19H,5,10,12,14-15,20-21H2,(H,35,40)(H,36,37)(H,38,39). The maximum atomic E-state index is 13.3. The highest BCUT2D eigenvalue weighted by Crippen LogP contribution is 2.37. The van der Waals surface area contributed by atoms with Gasteiger partial charge < -0.3 is 34.5 Å². The highest BCUT2D eigenvalue weighted by molar-refractivity contribution is 6.05. The van der Waals surface area contributed by atoms with Gasteiger partial charge in [-0.15, -0.1) is 0 Å². The molecule has 226 valence electrons. The first-order chi connectivity index (χ1) is 21.4. The van der Waals surface area contributed by atoms with Gasteiger partial charge in [-0.25, -0.2) is 0 Å². The molecule has 10 heteroatoms. The van der Waals surface area contributed by atoms with E-state index < -0.39 is 11.9 Å². The molecule has 0 spiro atoms. The van der Waals surface area contributed by atoms with Gasteiger partial charge in [-0.05, 0) is 78.1 Å². The van der Waals surface area contributed by atoms with E-state index in [4.69, 9.17) is 24.1 Å². The highest BCUT2D eigenvalue weighted by Gasteiger charge is 2.18. The van der Waals surface area contributed by atoms with Crippen molar-refractivity contribution in [2.75, 3.05) is 18.7 Å².